The van der Waals surface area contributed by atoms with Crippen LogP contribution in [0.25, 0.3) is 11.3 Å². The fraction of sp³-hybridized carbons (Fsp3) is 0.583. The summed E-state index contributed by atoms with van der Waals surface area (Å²) >= 11 is 0. The van der Waals surface area contributed by atoms with Crippen LogP contribution in [-0.2, 0) is 21.3 Å². The molecule has 2 rings (SSSR count). The van der Waals surface area contributed by atoms with Gasteiger partial charge in [0.25, 0.3) is 5.91 Å². The highest BCUT2D eigenvalue weighted by Gasteiger charge is 2.19. The molecule has 0 spiro atoms. The molecule has 0 aliphatic rings. The van der Waals surface area contributed by atoms with Gasteiger partial charge in [-0.05, 0) is 45.7 Å². The van der Waals surface area contributed by atoms with Crippen LogP contribution in [-0.4, -0.2) is 64.8 Å². The van der Waals surface area contributed by atoms with Crippen molar-refractivity contribution in [3.63, 3.8) is 0 Å². The van der Waals surface area contributed by atoms with E-state index in [2.05, 4.69) is 34.8 Å². The maximum absolute atomic E-state index is 12.3. The molecule has 2 N–H and O–H groups in total. The van der Waals surface area contributed by atoms with Gasteiger partial charge in [0, 0.05) is 44.3 Å². The summed E-state index contributed by atoms with van der Waals surface area (Å²) in [5.74, 6) is -0.302. The van der Waals surface area contributed by atoms with Crippen molar-refractivity contribution in [2.75, 3.05) is 26.3 Å². The Hall–Kier alpha value is -2.78. The summed E-state index contributed by atoms with van der Waals surface area (Å²) < 4.78 is 13.2. The minimum atomic E-state index is -0.343. The smallest absolute Gasteiger partial charge is 0.251 e. The molecule has 182 valence electrons. The lowest BCUT2D eigenvalue weighted by molar-refractivity contribution is -0.124. The number of aryl methyl sites for hydroxylation is 1. The molecule has 9 nitrogen and oxygen atoms in total. The Morgan fingerprint density at radius 2 is 1.82 bits per heavy atom. The van der Waals surface area contributed by atoms with Gasteiger partial charge < -0.3 is 20.1 Å². The Balaban J connectivity index is 1.60. The number of rotatable bonds is 14. The summed E-state index contributed by atoms with van der Waals surface area (Å²) in [5, 5.41) is 13.6. The number of nitrogens with one attached hydrogen (secondary N) is 2. The third kappa shape index (κ3) is 9.71. The lowest BCUT2D eigenvalue weighted by Crippen LogP contribution is -2.35. The van der Waals surface area contributed by atoms with E-state index in [1.54, 1.807) is 23.9 Å². The van der Waals surface area contributed by atoms with E-state index in [1.165, 1.54) is 0 Å². The zero-order valence-corrected chi connectivity index (χ0v) is 20.4. The van der Waals surface area contributed by atoms with Crippen molar-refractivity contribution in [2.24, 2.45) is 7.05 Å². The summed E-state index contributed by atoms with van der Waals surface area (Å²) in [7, 11) is 1.80. The van der Waals surface area contributed by atoms with Gasteiger partial charge in [0.05, 0.1) is 24.5 Å². The zero-order valence-electron chi connectivity index (χ0n) is 20.4. The number of carbonyl (C=O) groups is 2. The third-order valence-electron chi connectivity index (χ3n) is 5.28. The van der Waals surface area contributed by atoms with E-state index < -0.39 is 0 Å². The van der Waals surface area contributed by atoms with Gasteiger partial charge in [-0.3, -0.25) is 14.3 Å². The monoisotopic (exact) mass is 459 g/mol. The number of benzene rings is 1. The quantitative estimate of drug-likeness (QED) is 0.421. The molecule has 0 saturated heterocycles. The van der Waals surface area contributed by atoms with Gasteiger partial charge in [-0.1, -0.05) is 24.3 Å². The Morgan fingerprint density at radius 3 is 2.45 bits per heavy atom. The van der Waals surface area contributed by atoms with Crippen LogP contribution < -0.4 is 10.6 Å². The van der Waals surface area contributed by atoms with Crippen LogP contribution in [0.3, 0.4) is 0 Å². The SMILES string of the molecule is CCC(C)OCCC(C)(C)OCCC(=O)NCCNC(=O)c1ccc(-c2cn(C)nn2)cc1. The topological polar surface area (TPSA) is 107 Å². The average Bonchev–Trinajstić information content (AvgIpc) is 3.22. The standard InChI is InChI=1S/C24H37N5O4/c1-6-18(2)32-16-12-24(3,4)33-15-11-22(30)25-13-14-26-23(31)20-9-7-19(8-10-20)21-17-29(5)28-27-21/h7-10,17-18H,6,11-16H2,1-5H3,(H,25,30)(H,26,31). The zero-order chi connectivity index (χ0) is 24.3. The highest BCUT2D eigenvalue weighted by Crippen LogP contribution is 2.17. The Morgan fingerprint density at radius 1 is 1.12 bits per heavy atom. The van der Waals surface area contributed by atoms with E-state index in [-0.39, 0.29) is 29.9 Å². The second-order valence-corrected chi connectivity index (χ2v) is 8.66. The summed E-state index contributed by atoms with van der Waals surface area (Å²) in [5.41, 5.74) is 1.84. The van der Waals surface area contributed by atoms with E-state index in [1.807, 2.05) is 32.2 Å². The first-order valence-corrected chi connectivity index (χ1v) is 11.5. The van der Waals surface area contributed by atoms with Gasteiger partial charge in [-0.15, -0.1) is 5.10 Å². The Labute approximate surface area is 196 Å². The molecule has 1 heterocycles. The highest BCUT2D eigenvalue weighted by atomic mass is 16.5. The van der Waals surface area contributed by atoms with E-state index in [4.69, 9.17) is 9.47 Å². The van der Waals surface area contributed by atoms with Gasteiger partial charge >= 0.3 is 0 Å². The summed E-state index contributed by atoms with van der Waals surface area (Å²) in [4.78, 5) is 24.3. The van der Waals surface area contributed by atoms with Gasteiger partial charge in [0.1, 0.15) is 5.69 Å². The molecule has 0 saturated carbocycles. The lowest BCUT2D eigenvalue weighted by atomic mass is 10.1. The molecule has 33 heavy (non-hydrogen) atoms. The van der Waals surface area contributed by atoms with E-state index in [9.17, 15) is 9.59 Å². The van der Waals surface area contributed by atoms with Gasteiger partial charge in [-0.2, -0.15) is 0 Å². The van der Waals surface area contributed by atoms with E-state index in [0.717, 1.165) is 24.1 Å². The third-order valence-corrected chi connectivity index (χ3v) is 5.28. The van der Waals surface area contributed by atoms with Crippen LogP contribution in [0.5, 0.6) is 0 Å². The van der Waals surface area contributed by atoms with Crippen LogP contribution in [0.4, 0.5) is 0 Å². The van der Waals surface area contributed by atoms with E-state index in [0.29, 0.717) is 31.9 Å². The molecule has 1 unspecified atom stereocenters. The maximum Gasteiger partial charge on any atom is 0.251 e. The number of ether oxygens (including phenoxy) is 2. The highest BCUT2D eigenvalue weighted by molar-refractivity contribution is 5.94. The number of amides is 2. The molecule has 2 amide bonds. The van der Waals surface area contributed by atoms with Gasteiger partial charge in [0.15, 0.2) is 0 Å². The number of hydrogen-bond donors (Lipinski definition) is 2. The maximum atomic E-state index is 12.3. The Bertz CT molecular complexity index is 879. The minimum Gasteiger partial charge on any atom is -0.378 e. The van der Waals surface area contributed by atoms with Crippen molar-refractivity contribution < 1.29 is 19.1 Å². The molecule has 9 heteroatoms. The van der Waals surface area contributed by atoms with Crippen LogP contribution in [0.1, 0.15) is 57.3 Å². The van der Waals surface area contributed by atoms with Crippen molar-refractivity contribution in [1.29, 1.82) is 0 Å². The number of carbonyl (C=O) groups excluding carboxylic acids is 2. The molecule has 0 bridgehead atoms. The predicted molar refractivity (Wildman–Crippen MR) is 127 cm³/mol. The van der Waals surface area contributed by atoms with Crippen LogP contribution in [0.15, 0.2) is 30.5 Å². The van der Waals surface area contributed by atoms with Crippen molar-refractivity contribution in [3.05, 3.63) is 36.0 Å². The minimum absolute atomic E-state index is 0.107. The molecular weight excluding hydrogens is 422 g/mol. The summed E-state index contributed by atoms with van der Waals surface area (Å²) in [6.45, 7) is 9.82. The molecule has 0 fully saturated rings. The number of nitrogens with zero attached hydrogens (tertiary/aromatic N) is 3. The van der Waals surface area contributed by atoms with Crippen LogP contribution >= 0.6 is 0 Å². The Kier molecular flexibility index (Phi) is 10.5. The summed E-state index contributed by atoms with van der Waals surface area (Å²) in [6.07, 6.45) is 4.08. The molecule has 0 aliphatic carbocycles. The first-order chi connectivity index (χ1) is 15.7. The molecule has 0 radical (unpaired) electrons. The molecular formula is C24H37N5O4. The second kappa shape index (κ2) is 13.1. The molecule has 0 aliphatic heterocycles. The molecule has 1 aromatic heterocycles. The number of aromatic nitrogens is 3. The van der Waals surface area contributed by atoms with Crippen molar-refractivity contribution >= 4 is 11.8 Å². The fourth-order valence-corrected chi connectivity index (χ4v) is 2.96. The fourth-order valence-electron chi connectivity index (χ4n) is 2.96. The van der Waals surface area contributed by atoms with E-state index >= 15 is 0 Å². The number of hydrogen-bond acceptors (Lipinski definition) is 6. The predicted octanol–water partition coefficient (Wildman–Crippen LogP) is 2.72. The van der Waals surface area contributed by atoms with Crippen LogP contribution in [0, 0.1) is 0 Å². The summed E-state index contributed by atoms with van der Waals surface area (Å²) in [6, 6.07) is 7.15. The first-order valence-electron chi connectivity index (χ1n) is 11.5. The van der Waals surface area contributed by atoms with Crippen LogP contribution in [0.2, 0.25) is 0 Å². The normalized spacial score (nSPS) is 12.4. The average molecular weight is 460 g/mol. The largest absolute Gasteiger partial charge is 0.378 e. The molecule has 2 aromatic rings. The lowest BCUT2D eigenvalue weighted by Gasteiger charge is -2.26. The second-order valence-electron chi connectivity index (χ2n) is 8.66. The van der Waals surface area contributed by atoms with Gasteiger partial charge in [0.2, 0.25) is 5.91 Å². The van der Waals surface area contributed by atoms with Crippen molar-refractivity contribution in [2.45, 2.75) is 58.7 Å². The molecule has 1 aromatic carbocycles. The first kappa shape index (κ1) is 26.5. The van der Waals surface area contributed by atoms with Crippen molar-refractivity contribution in [1.82, 2.24) is 25.6 Å². The molecule has 1 atom stereocenters. The van der Waals surface area contributed by atoms with Crippen molar-refractivity contribution in [3.8, 4) is 11.3 Å². The van der Waals surface area contributed by atoms with Gasteiger partial charge in [-0.25, -0.2) is 0 Å².